The molecule has 1 unspecified atom stereocenters. The van der Waals surface area contributed by atoms with Gasteiger partial charge in [0.05, 0.1) is 22.4 Å². The number of rotatable bonds is 2. The molecule has 3 nitrogen and oxygen atoms in total. The number of nitrogens with zero attached hydrogens (tertiary/aromatic N) is 2. The number of hydrogen-bond donors (Lipinski definition) is 1. The second-order valence-electron chi connectivity index (χ2n) is 6.16. The van der Waals surface area contributed by atoms with Gasteiger partial charge in [0.15, 0.2) is 0 Å². The molecule has 1 fully saturated rings. The lowest BCUT2D eigenvalue weighted by molar-refractivity contribution is 0.229. The molecule has 2 aromatic rings. The standard InChI is InChI=1S/C14H18ClN3S/c1-14(2)7-3-4-9(8-14)16-12-10(15)5-6-11-13(12)18-19-17-11/h5-6,9,16H,3-4,7-8H2,1-2H3. The fraction of sp³-hybridized carbons (Fsp3) is 0.571. The van der Waals surface area contributed by atoms with Gasteiger partial charge in [-0.3, -0.25) is 0 Å². The van der Waals surface area contributed by atoms with Crippen LogP contribution in [0.2, 0.25) is 5.02 Å². The van der Waals surface area contributed by atoms with Crippen LogP contribution in [0.1, 0.15) is 39.5 Å². The van der Waals surface area contributed by atoms with Gasteiger partial charge in [-0.1, -0.05) is 31.9 Å². The third-order valence-corrected chi connectivity index (χ3v) is 4.79. The van der Waals surface area contributed by atoms with Crippen molar-refractivity contribution in [2.75, 3.05) is 5.32 Å². The molecule has 1 aromatic heterocycles. The van der Waals surface area contributed by atoms with E-state index >= 15 is 0 Å². The van der Waals surface area contributed by atoms with Crippen molar-refractivity contribution < 1.29 is 0 Å². The third-order valence-electron chi connectivity index (χ3n) is 3.93. The number of anilines is 1. The van der Waals surface area contributed by atoms with E-state index in [-0.39, 0.29) is 0 Å². The quantitative estimate of drug-likeness (QED) is 0.870. The minimum Gasteiger partial charge on any atom is -0.379 e. The summed E-state index contributed by atoms with van der Waals surface area (Å²) in [4.78, 5) is 0. The summed E-state index contributed by atoms with van der Waals surface area (Å²) in [5.74, 6) is 0. The zero-order chi connectivity index (χ0) is 13.5. The molecule has 5 heteroatoms. The van der Waals surface area contributed by atoms with Crippen LogP contribution in [0, 0.1) is 5.41 Å². The minimum atomic E-state index is 0.413. The van der Waals surface area contributed by atoms with E-state index in [1.165, 1.54) is 37.4 Å². The first-order valence-corrected chi connectivity index (χ1v) is 7.83. The molecule has 1 aliphatic rings. The highest BCUT2D eigenvalue weighted by Crippen LogP contribution is 2.38. The van der Waals surface area contributed by atoms with Gasteiger partial charge in [0.1, 0.15) is 11.0 Å². The number of fused-ring (bicyclic) bond motifs is 1. The normalized spacial score (nSPS) is 22.6. The Hall–Kier alpha value is -0.870. The Bertz CT molecular complexity index is 593. The first-order valence-electron chi connectivity index (χ1n) is 6.72. The van der Waals surface area contributed by atoms with Gasteiger partial charge < -0.3 is 5.32 Å². The average molecular weight is 296 g/mol. The second kappa shape index (κ2) is 4.91. The monoisotopic (exact) mass is 295 g/mol. The molecule has 102 valence electrons. The molecule has 3 rings (SSSR count). The lowest BCUT2D eigenvalue weighted by atomic mass is 9.75. The van der Waals surface area contributed by atoms with Gasteiger partial charge in [-0.15, -0.1) is 0 Å². The minimum absolute atomic E-state index is 0.413. The van der Waals surface area contributed by atoms with Crippen LogP contribution in [0.3, 0.4) is 0 Å². The van der Waals surface area contributed by atoms with Gasteiger partial charge in [0.2, 0.25) is 0 Å². The summed E-state index contributed by atoms with van der Waals surface area (Å²) in [5, 5.41) is 4.35. The maximum atomic E-state index is 6.32. The molecule has 1 saturated carbocycles. The summed E-state index contributed by atoms with van der Waals surface area (Å²) in [6.45, 7) is 4.68. The number of benzene rings is 1. The summed E-state index contributed by atoms with van der Waals surface area (Å²) >= 11 is 7.56. The molecular weight excluding hydrogens is 278 g/mol. The van der Waals surface area contributed by atoms with Gasteiger partial charge in [0, 0.05) is 6.04 Å². The fourth-order valence-corrected chi connectivity index (χ4v) is 3.74. The molecule has 0 aliphatic heterocycles. The molecule has 0 spiro atoms. The first kappa shape index (κ1) is 13.1. The third kappa shape index (κ3) is 2.70. The van der Waals surface area contributed by atoms with E-state index in [0.717, 1.165) is 21.7 Å². The molecule has 1 aromatic carbocycles. The van der Waals surface area contributed by atoms with Crippen molar-refractivity contribution in [2.24, 2.45) is 5.41 Å². The first-order chi connectivity index (χ1) is 9.05. The number of nitrogens with one attached hydrogen (secondary N) is 1. The maximum absolute atomic E-state index is 6.32. The fourth-order valence-electron chi connectivity index (χ4n) is 2.99. The van der Waals surface area contributed by atoms with Gasteiger partial charge in [-0.05, 0) is 36.8 Å². The van der Waals surface area contributed by atoms with E-state index in [1.807, 2.05) is 12.1 Å². The van der Waals surface area contributed by atoms with Crippen LogP contribution < -0.4 is 5.32 Å². The zero-order valence-electron chi connectivity index (χ0n) is 11.2. The van der Waals surface area contributed by atoms with Crippen molar-refractivity contribution in [3.63, 3.8) is 0 Å². The number of aromatic nitrogens is 2. The van der Waals surface area contributed by atoms with E-state index in [9.17, 15) is 0 Å². The molecular formula is C14H18ClN3S. The van der Waals surface area contributed by atoms with Crippen LogP contribution in [0.5, 0.6) is 0 Å². The van der Waals surface area contributed by atoms with Crippen molar-refractivity contribution in [1.29, 1.82) is 0 Å². The Morgan fingerprint density at radius 1 is 1.37 bits per heavy atom. The van der Waals surface area contributed by atoms with Crippen LogP contribution in [0.4, 0.5) is 5.69 Å². The topological polar surface area (TPSA) is 37.8 Å². The maximum Gasteiger partial charge on any atom is 0.129 e. The molecule has 0 bridgehead atoms. The SMILES string of the molecule is CC1(C)CCCC(Nc2c(Cl)ccc3nsnc23)C1. The Morgan fingerprint density at radius 2 is 2.21 bits per heavy atom. The van der Waals surface area contributed by atoms with Crippen LogP contribution in [-0.4, -0.2) is 14.8 Å². The van der Waals surface area contributed by atoms with E-state index in [1.54, 1.807) is 0 Å². The van der Waals surface area contributed by atoms with E-state index in [0.29, 0.717) is 11.5 Å². The Morgan fingerprint density at radius 3 is 3.00 bits per heavy atom. The van der Waals surface area contributed by atoms with Crippen LogP contribution >= 0.6 is 23.3 Å². The van der Waals surface area contributed by atoms with Gasteiger partial charge in [0.25, 0.3) is 0 Å². The molecule has 0 saturated heterocycles. The highest BCUT2D eigenvalue weighted by molar-refractivity contribution is 7.00. The van der Waals surface area contributed by atoms with Crippen LogP contribution in [0.15, 0.2) is 12.1 Å². The highest BCUT2D eigenvalue weighted by Gasteiger charge is 2.28. The van der Waals surface area contributed by atoms with Crippen molar-refractivity contribution in [1.82, 2.24) is 8.75 Å². The van der Waals surface area contributed by atoms with Gasteiger partial charge in [-0.25, -0.2) is 0 Å². The molecule has 1 N–H and O–H groups in total. The largest absolute Gasteiger partial charge is 0.379 e. The molecule has 0 amide bonds. The highest BCUT2D eigenvalue weighted by atomic mass is 35.5. The Balaban J connectivity index is 1.88. The summed E-state index contributed by atoms with van der Waals surface area (Å²) in [6.07, 6.45) is 4.96. The summed E-state index contributed by atoms with van der Waals surface area (Å²) in [6, 6.07) is 4.31. The van der Waals surface area contributed by atoms with Crippen molar-refractivity contribution in [3.8, 4) is 0 Å². The van der Waals surface area contributed by atoms with Gasteiger partial charge >= 0.3 is 0 Å². The average Bonchev–Trinajstić information content (AvgIpc) is 2.80. The smallest absolute Gasteiger partial charge is 0.129 e. The zero-order valence-corrected chi connectivity index (χ0v) is 12.8. The Kier molecular flexibility index (Phi) is 3.39. The van der Waals surface area contributed by atoms with Crippen LogP contribution in [-0.2, 0) is 0 Å². The van der Waals surface area contributed by atoms with Gasteiger partial charge in [-0.2, -0.15) is 8.75 Å². The molecule has 19 heavy (non-hydrogen) atoms. The lowest BCUT2D eigenvalue weighted by Crippen LogP contribution is -2.31. The lowest BCUT2D eigenvalue weighted by Gasteiger charge is -2.36. The Labute approximate surface area is 122 Å². The van der Waals surface area contributed by atoms with Crippen molar-refractivity contribution in [2.45, 2.75) is 45.6 Å². The molecule has 1 aliphatic carbocycles. The number of halogens is 1. The second-order valence-corrected chi connectivity index (χ2v) is 7.09. The predicted molar refractivity (Wildman–Crippen MR) is 82.1 cm³/mol. The molecule has 1 heterocycles. The van der Waals surface area contributed by atoms with E-state index in [4.69, 9.17) is 11.6 Å². The van der Waals surface area contributed by atoms with E-state index in [2.05, 4.69) is 27.9 Å². The summed E-state index contributed by atoms with van der Waals surface area (Å²) < 4.78 is 8.64. The van der Waals surface area contributed by atoms with Crippen molar-refractivity contribution in [3.05, 3.63) is 17.2 Å². The number of hydrogen-bond acceptors (Lipinski definition) is 4. The van der Waals surface area contributed by atoms with Crippen LogP contribution in [0.25, 0.3) is 11.0 Å². The summed E-state index contributed by atoms with van der Waals surface area (Å²) in [7, 11) is 0. The predicted octanol–water partition coefficient (Wildman–Crippen LogP) is 4.73. The van der Waals surface area contributed by atoms with Crippen molar-refractivity contribution >= 4 is 40.0 Å². The molecule has 1 atom stereocenters. The summed E-state index contributed by atoms with van der Waals surface area (Å²) in [5.41, 5.74) is 3.19. The van der Waals surface area contributed by atoms with E-state index < -0.39 is 0 Å². The molecule has 0 radical (unpaired) electrons.